The van der Waals surface area contributed by atoms with Crippen molar-refractivity contribution in [3.63, 3.8) is 0 Å². The molecular weight excluding hydrogens is 284 g/mol. The van der Waals surface area contributed by atoms with E-state index in [9.17, 15) is 18.0 Å². The van der Waals surface area contributed by atoms with Crippen molar-refractivity contribution >= 4 is 21.8 Å². The maximum Gasteiger partial charge on any atom is 0.326 e. The van der Waals surface area contributed by atoms with Crippen molar-refractivity contribution in [3.8, 4) is 0 Å². The van der Waals surface area contributed by atoms with Crippen molar-refractivity contribution < 1.29 is 23.1 Å². The normalized spacial score (nSPS) is 19.6. The number of rotatable bonds is 5. The van der Waals surface area contributed by atoms with Gasteiger partial charge in [-0.3, -0.25) is 0 Å². The van der Waals surface area contributed by atoms with Gasteiger partial charge in [0.05, 0.1) is 5.75 Å². The van der Waals surface area contributed by atoms with Gasteiger partial charge in [0, 0.05) is 18.3 Å². The van der Waals surface area contributed by atoms with Crippen LogP contribution < -0.4 is 5.32 Å². The van der Waals surface area contributed by atoms with Gasteiger partial charge in [0.15, 0.2) is 0 Å². The second-order valence-electron chi connectivity index (χ2n) is 5.83. The van der Waals surface area contributed by atoms with E-state index in [0.29, 0.717) is 6.54 Å². The Morgan fingerprint density at radius 1 is 1.40 bits per heavy atom. The van der Waals surface area contributed by atoms with Gasteiger partial charge < -0.3 is 15.3 Å². The van der Waals surface area contributed by atoms with Gasteiger partial charge in [-0.25, -0.2) is 18.0 Å². The summed E-state index contributed by atoms with van der Waals surface area (Å²) in [5.41, 5.74) is -0.302. The number of aliphatic carboxylic acids is 1. The molecule has 8 heteroatoms. The van der Waals surface area contributed by atoms with E-state index in [1.165, 1.54) is 0 Å². The number of sulfone groups is 1. The van der Waals surface area contributed by atoms with Gasteiger partial charge >= 0.3 is 12.0 Å². The fourth-order valence-electron chi connectivity index (χ4n) is 2.30. The highest BCUT2D eigenvalue weighted by Crippen LogP contribution is 2.28. The van der Waals surface area contributed by atoms with Gasteiger partial charge in [-0.05, 0) is 33.1 Å². The van der Waals surface area contributed by atoms with E-state index >= 15 is 0 Å². The molecule has 1 aliphatic rings. The lowest BCUT2D eigenvalue weighted by molar-refractivity contribution is -0.139. The standard InChI is InChI=1S/C12H22N2O5S/c1-12(2)6-4-7-14(12)11(17)13-9(10(15)16)5-8-20(3,18)19/h9H,4-8H2,1-3H3,(H,13,17)(H,15,16). The number of carbonyl (C=O) groups is 2. The van der Waals surface area contributed by atoms with Crippen LogP contribution >= 0.6 is 0 Å². The predicted octanol–water partition coefficient (Wildman–Crippen LogP) is 0.458. The molecule has 0 saturated carbocycles. The van der Waals surface area contributed by atoms with Gasteiger partial charge in [-0.15, -0.1) is 0 Å². The van der Waals surface area contributed by atoms with Gasteiger partial charge in [0.1, 0.15) is 15.9 Å². The van der Waals surface area contributed by atoms with E-state index in [1.54, 1.807) is 4.90 Å². The SMILES string of the molecule is CC1(C)CCCN1C(=O)NC(CCS(C)(=O)=O)C(=O)O. The molecule has 7 nitrogen and oxygen atoms in total. The Labute approximate surface area is 119 Å². The zero-order valence-corrected chi connectivity index (χ0v) is 12.9. The second kappa shape index (κ2) is 5.99. The number of carboxylic acid groups (broad SMARTS) is 1. The molecule has 2 amide bonds. The average molecular weight is 306 g/mol. The van der Waals surface area contributed by atoms with Crippen LogP contribution in [0.25, 0.3) is 0 Å². The summed E-state index contributed by atoms with van der Waals surface area (Å²) in [4.78, 5) is 24.8. The zero-order valence-electron chi connectivity index (χ0n) is 12.0. The van der Waals surface area contributed by atoms with Crippen molar-refractivity contribution in [2.45, 2.75) is 44.7 Å². The van der Waals surface area contributed by atoms with Gasteiger partial charge in [0.2, 0.25) is 0 Å². The first kappa shape index (κ1) is 16.7. The predicted molar refractivity (Wildman–Crippen MR) is 74.3 cm³/mol. The van der Waals surface area contributed by atoms with Crippen molar-refractivity contribution in [1.82, 2.24) is 10.2 Å². The fraction of sp³-hybridized carbons (Fsp3) is 0.833. The highest BCUT2D eigenvalue weighted by Gasteiger charge is 2.36. The maximum absolute atomic E-state index is 12.1. The summed E-state index contributed by atoms with van der Waals surface area (Å²) < 4.78 is 22.2. The summed E-state index contributed by atoms with van der Waals surface area (Å²) in [7, 11) is -3.26. The Hall–Kier alpha value is -1.31. The smallest absolute Gasteiger partial charge is 0.326 e. The molecule has 0 aliphatic carbocycles. The number of carbonyl (C=O) groups excluding carboxylic acids is 1. The maximum atomic E-state index is 12.1. The highest BCUT2D eigenvalue weighted by molar-refractivity contribution is 7.90. The van der Waals surface area contributed by atoms with E-state index in [-0.39, 0.29) is 17.7 Å². The summed E-state index contributed by atoms with van der Waals surface area (Å²) in [6.45, 7) is 4.43. The minimum absolute atomic E-state index is 0.131. The number of hydrogen-bond acceptors (Lipinski definition) is 4. The molecule has 0 radical (unpaired) electrons. The van der Waals surface area contributed by atoms with Gasteiger partial charge in [-0.2, -0.15) is 0 Å². The molecule has 0 aromatic rings. The first-order chi connectivity index (χ1) is 9.03. The summed E-state index contributed by atoms with van der Waals surface area (Å²) in [5.74, 6) is -1.49. The molecular formula is C12H22N2O5S. The van der Waals surface area contributed by atoms with Crippen LogP contribution in [0, 0.1) is 0 Å². The number of carboxylic acids is 1. The number of nitrogens with zero attached hydrogens (tertiary/aromatic N) is 1. The quantitative estimate of drug-likeness (QED) is 0.768. The minimum Gasteiger partial charge on any atom is -0.480 e. The third-order valence-corrected chi connectivity index (χ3v) is 4.50. The van der Waals surface area contributed by atoms with E-state index in [2.05, 4.69) is 5.32 Å². The van der Waals surface area contributed by atoms with Crippen molar-refractivity contribution in [3.05, 3.63) is 0 Å². The molecule has 1 aliphatic heterocycles. The van der Waals surface area contributed by atoms with Crippen LogP contribution in [-0.2, 0) is 14.6 Å². The molecule has 2 N–H and O–H groups in total. The van der Waals surface area contributed by atoms with Gasteiger partial charge in [-0.1, -0.05) is 0 Å². The zero-order chi connectivity index (χ0) is 15.6. The molecule has 1 rings (SSSR count). The summed E-state index contributed by atoms with van der Waals surface area (Å²) in [6.07, 6.45) is 2.65. The number of likely N-dealkylation sites (tertiary alicyclic amines) is 1. The third-order valence-electron chi connectivity index (χ3n) is 3.52. The minimum atomic E-state index is -3.26. The lowest BCUT2D eigenvalue weighted by Crippen LogP contribution is -2.52. The van der Waals surface area contributed by atoms with E-state index in [1.807, 2.05) is 13.8 Å². The lowest BCUT2D eigenvalue weighted by atomic mass is 10.0. The molecule has 20 heavy (non-hydrogen) atoms. The van der Waals surface area contributed by atoms with Crippen LogP contribution in [0.5, 0.6) is 0 Å². The van der Waals surface area contributed by atoms with Crippen LogP contribution in [0.3, 0.4) is 0 Å². The summed E-state index contributed by atoms with van der Waals surface area (Å²) >= 11 is 0. The monoisotopic (exact) mass is 306 g/mol. The molecule has 1 unspecified atom stereocenters. The van der Waals surface area contributed by atoms with E-state index in [4.69, 9.17) is 5.11 Å². The Kier molecular flexibility index (Phi) is 5.01. The molecule has 0 aromatic heterocycles. The molecule has 116 valence electrons. The van der Waals surface area contributed by atoms with E-state index < -0.39 is 27.9 Å². The van der Waals surface area contributed by atoms with Crippen molar-refractivity contribution in [2.75, 3.05) is 18.6 Å². The molecule has 1 atom stereocenters. The first-order valence-electron chi connectivity index (χ1n) is 6.51. The van der Waals surface area contributed by atoms with Crippen LogP contribution in [-0.4, -0.2) is 60.6 Å². The second-order valence-corrected chi connectivity index (χ2v) is 8.09. The van der Waals surface area contributed by atoms with Crippen LogP contribution in [0.2, 0.25) is 0 Å². The lowest BCUT2D eigenvalue weighted by Gasteiger charge is -2.32. The molecule has 0 spiro atoms. The molecule has 1 saturated heterocycles. The van der Waals surface area contributed by atoms with Crippen LogP contribution in [0.15, 0.2) is 0 Å². The molecule has 1 fully saturated rings. The Balaban J connectivity index is 2.66. The van der Waals surface area contributed by atoms with Crippen LogP contribution in [0.4, 0.5) is 4.79 Å². The Morgan fingerprint density at radius 2 is 2.00 bits per heavy atom. The fourth-order valence-corrected chi connectivity index (χ4v) is 2.96. The largest absolute Gasteiger partial charge is 0.480 e. The topological polar surface area (TPSA) is 104 Å². The molecule has 0 bridgehead atoms. The number of amides is 2. The van der Waals surface area contributed by atoms with E-state index in [0.717, 1.165) is 19.1 Å². The highest BCUT2D eigenvalue weighted by atomic mass is 32.2. The van der Waals surface area contributed by atoms with Crippen LogP contribution in [0.1, 0.15) is 33.1 Å². The number of urea groups is 1. The van der Waals surface area contributed by atoms with Crippen molar-refractivity contribution in [1.29, 1.82) is 0 Å². The number of nitrogens with one attached hydrogen (secondary N) is 1. The first-order valence-corrected chi connectivity index (χ1v) is 8.58. The Morgan fingerprint density at radius 3 is 2.40 bits per heavy atom. The number of hydrogen-bond donors (Lipinski definition) is 2. The Bertz CT molecular complexity index is 486. The van der Waals surface area contributed by atoms with Crippen molar-refractivity contribution in [2.24, 2.45) is 0 Å². The summed E-state index contributed by atoms with van der Waals surface area (Å²) in [6, 6.07) is -1.64. The van der Waals surface area contributed by atoms with Gasteiger partial charge in [0.25, 0.3) is 0 Å². The average Bonchev–Trinajstić information content (AvgIpc) is 2.62. The molecule has 1 heterocycles. The summed E-state index contributed by atoms with van der Waals surface area (Å²) in [5, 5.41) is 11.5. The third kappa shape index (κ3) is 4.66. The molecule has 0 aromatic carbocycles.